The average Bonchev–Trinajstić information content (AvgIpc) is 2.78. The molecular formula is C15H17NO4. The molecule has 1 saturated heterocycles. The first-order valence-corrected chi connectivity index (χ1v) is 6.69. The first-order valence-electron chi connectivity index (χ1n) is 6.69. The first kappa shape index (κ1) is 14.2. The Bertz CT molecular complexity index is 519. The van der Waals surface area contributed by atoms with E-state index in [0.717, 1.165) is 12.0 Å². The van der Waals surface area contributed by atoms with E-state index in [1.165, 1.54) is 5.56 Å². The normalized spacial score (nSPS) is 16.4. The monoisotopic (exact) mass is 275 g/mol. The van der Waals surface area contributed by atoms with Crippen LogP contribution in [-0.2, 0) is 25.6 Å². The Kier molecular flexibility index (Phi) is 4.17. The molecule has 0 aromatic heterocycles. The number of hydrogen-bond acceptors (Lipinski definition) is 4. The van der Waals surface area contributed by atoms with Gasteiger partial charge >= 0.3 is 5.97 Å². The number of carbonyl (C=O) groups is 3. The summed E-state index contributed by atoms with van der Waals surface area (Å²) in [6.45, 7) is 3.74. The lowest BCUT2D eigenvalue weighted by molar-refractivity contribution is -0.198. The van der Waals surface area contributed by atoms with E-state index in [0.29, 0.717) is 5.06 Å². The number of aryl methyl sites for hydroxylation is 1. The summed E-state index contributed by atoms with van der Waals surface area (Å²) >= 11 is 0. The van der Waals surface area contributed by atoms with Crippen LogP contribution in [0.1, 0.15) is 43.7 Å². The molecule has 0 N–H and O–H groups in total. The minimum Gasteiger partial charge on any atom is -0.330 e. The van der Waals surface area contributed by atoms with E-state index < -0.39 is 23.7 Å². The summed E-state index contributed by atoms with van der Waals surface area (Å²) in [5.74, 6) is -2.05. The van der Waals surface area contributed by atoms with Gasteiger partial charge in [0.1, 0.15) is 0 Å². The molecule has 0 bridgehead atoms. The molecular weight excluding hydrogens is 258 g/mol. The van der Waals surface area contributed by atoms with Gasteiger partial charge in [0.2, 0.25) is 0 Å². The fourth-order valence-corrected chi connectivity index (χ4v) is 2.00. The van der Waals surface area contributed by atoms with Crippen LogP contribution in [0.25, 0.3) is 0 Å². The van der Waals surface area contributed by atoms with E-state index >= 15 is 0 Å². The molecule has 1 fully saturated rings. The fraction of sp³-hybridized carbons (Fsp3) is 0.400. The third-order valence-corrected chi connectivity index (χ3v) is 3.43. The number of carbonyl (C=O) groups excluding carboxylic acids is 3. The molecule has 0 saturated carbocycles. The van der Waals surface area contributed by atoms with Gasteiger partial charge in [-0.15, -0.1) is 5.06 Å². The smallest absolute Gasteiger partial charge is 0.330 e. The Balaban J connectivity index is 2.04. The summed E-state index contributed by atoms with van der Waals surface area (Å²) in [4.78, 5) is 39.7. The zero-order valence-electron chi connectivity index (χ0n) is 11.6. The highest BCUT2D eigenvalue weighted by atomic mass is 16.7. The van der Waals surface area contributed by atoms with Crippen molar-refractivity contribution in [2.24, 2.45) is 0 Å². The van der Waals surface area contributed by atoms with Crippen LogP contribution >= 0.6 is 0 Å². The quantitative estimate of drug-likeness (QED) is 0.788. The van der Waals surface area contributed by atoms with Crippen molar-refractivity contribution in [3.8, 4) is 0 Å². The summed E-state index contributed by atoms with van der Waals surface area (Å²) < 4.78 is 0. The number of hydroxylamine groups is 2. The maximum atomic E-state index is 12.0. The molecule has 0 radical (unpaired) electrons. The lowest BCUT2D eigenvalue weighted by Crippen LogP contribution is -2.33. The predicted molar refractivity (Wildman–Crippen MR) is 71.4 cm³/mol. The molecule has 1 heterocycles. The second-order valence-corrected chi connectivity index (χ2v) is 4.81. The predicted octanol–water partition coefficient (Wildman–Crippen LogP) is 1.96. The lowest BCUT2D eigenvalue weighted by atomic mass is 9.99. The van der Waals surface area contributed by atoms with E-state index in [2.05, 4.69) is 6.92 Å². The standard InChI is InChI=1S/C15H17NO4/c1-3-11-4-6-12(7-5-11)10(2)15(19)20-16-13(17)8-9-14(16)18/h4-7,10H,3,8-9H2,1-2H3. The molecule has 1 atom stereocenters. The molecule has 5 heteroatoms. The summed E-state index contributed by atoms with van der Waals surface area (Å²) in [6.07, 6.45) is 1.13. The van der Waals surface area contributed by atoms with E-state index in [9.17, 15) is 14.4 Å². The zero-order chi connectivity index (χ0) is 14.7. The van der Waals surface area contributed by atoms with Crippen LogP contribution in [0.15, 0.2) is 24.3 Å². The van der Waals surface area contributed by atoms with Crippen LogP contribution in [0.3, 0.4) is 0 Å². The van der Waals surface area contributed by atoms with Crippen molar-refractivity contribution in [3.63, 3.8) is 0 Å². The van der Waals surface area contributed by atoms with Gasteiger partial charge in [0.05, 0.1) is 5.92 Å². The van der Waals surface area contributed by atoms with Crippen molar-refractivity contribution in [2.45, 2.75) is 39.0 Å². The number of amides is 2. The van der Waals surface area contributed by atoms with Crippen molar-refractivity contribution in [1.29, 1.82) is 0 Å². The molecule has 1 aromatic rings. The maximum absolute atomic E-state index is 12.0. The molecule has 106 valence electrons. The van der Waals surface area contributed by atoms with Crippen LogP contribution in [-0.4, -0.2) is 22.8 Å². The average molecular weight is 275 g/mol. The third kappa shape index (κ3) is 2.87. The Morgan fingerprint density at radius 1 is 1.20 bits per heavy atom. The second-order valence-electron chi connectivity index (χ2n) is 4.81. The van der Waals surface area contributed by atoms with Gasteiger partial charge in [-0.3, -0.25) is 9.59 Å². The van der Waals surface area contributed by atoms with Gasteiger partial charge in [0.25, 0.3) is 11.8 Å². The van der Waals surface area contributed by atoms with Crippen molar-refractivity contribution >= 4 is 17.8 Å². The molecule has 2 rings (SSSR count). The second kappa shape index (κ2) is 5.86. The van der Waals surface area contributed by atoms with Crippen molar-refractivity contribution < 1.29 is 19.2 Å². The summed E-state index contributed by atoms with van der Waals surface area (Å²) in [6, 6.07) is 7.62. The Morgan fingerprint density at radius 3 is 2.25 bits per heavy atom. The highest BCUT2D eigenvalue weighted by molar-refractivity contribution is 6.01. The topological polar surface area (TPSA) is 63.7 Å². The minimum absolute atomic E-state index is 0.103. The molecule has 2 amide bonds. The zero-order valence-corrected chi connectivity index (χ0v) is 11.6. The van der Waals surface area contributed by atoms with Crippen LogP contribution in [0.4, 0.5) is 0 Å². The SMILES string of the molecule is CCc1ccc(C(C)C(=O)ON2C(=O)CCC2=O)cc1. The molecule has 1 aliphatic rings. The Labute approximate surface area is 117 Å². The number of benzene rings is 1. The van der Waals surface area contributed by atoms with Crippen molar-refractivity contribution in [2.75, 3.05) is 0 Å². The highest BCUT2D eigenvalue weighted by Gasteiger charge is 2.34. The van der Waals surface area contributed by atoms with Crippen LogP contribution in [0, 0.1) is 0 Å². The summed E-state index contributed by atoms with van der Waals surface area (Å²) in [5, 5.41) is 0.583. The van der Waals surface area contributed by atoms with Crippen LogP contribution in [0.2, 0.25) is 0 Å². The molecule has 1 aromatic carbocycles. The van der Waals surface area contributed by atoms with E-state index in [-0.39, 0.29) is 12.8 Å². The van der Waals surface area contributed by atoms with E-state index in [1.807, 2.05) is 24.3 Å². The van der Waals surface area contributed by atoms with Gasteiger partial charge in [-0.25, -0.2) is 4.79 Å². The minimum atomic E-state index is -0.599. The van der Waals surface area contributed by atoms with Gasteiger partial charge in [0.15, 0.2) is 0 Å². The van der Waals surface area contributed by atoms with Gasteiger partial charge in [-0.05, 0) is 24.5 Å². The summed E-state index contributed by atoms with van der Waals surface area (Å²) in [7, 11) is 0. The summed E-state index contributed by atoms with van der Waals surface area (Å²) in [5.41, 5.74) is 1.98. The number of nitrogens with zero attached hydrogens (tertiary/aromatic N) is 1. The molecule has 5 nitrogen and oxygen atoms in total. The molecule has 0 spiro atoms. The Hall–Kier alpha value is -2.17. The molecule has 20 heavy (non-hydrogen) atoms. The largest absolute Gasteiger partial charge is 0.340 e. The van der Waals surface area contributed by atoms with Crippen molar-refractivity contribution in [3.05, 3.63) is 35.4 Å². The molecule has 0 aliphatic carbocycles. The molecule has 1 aliphatic heterocycles. The van der Waals surface area contributed by atoms with Gasteiger partial charge in [-0.1, -0.05) is 31.2 Å². The first-order chi connectivity index (χ1) is 9.52. The maximum Gasteiger partial charge on any atom is 0.340 e. The van der Waals surface area contributed by atoms with Crippen molar-refractivity contribution in [1.82, 2.24) is 5.06 Å². The lowest BCUT2D eigenvalue weighted by Gasteiger charge is -2.16. The molecule has 1 unspecified atom stereocenters. The van der Waals surface area contributed by atoms with Gasteiger partial charge in [-0.2, -0.15) is 0 Å². The number of imide groups is 1. The number of rotatable bonds is 4. The highest BCUT2D eigenvalue weighted by Crippen LogP contribution is 2.20. The fourth-order valence-electron chi connectivity index (χ4n) is 2.00. The Morgan fingerprint density at radius 2 is 1.75 bits per heavy atom. The van der Waals surface area contributed by atoms with Gasteiger partial charge < -0.3 is 4.84 Å². The van der Waals surface area contributed by atoms with E-state index in [4.69, 9.17) is 4.84 Å². The van der Waals surface area contributed by atoms with E-state index in [1.54, 1.807) is 6.92 Å². The number of hydrogen-bond donors (Lipinski definition) is 0. The van der Waals surface area contributed by atoms with Crippen LogP contribution in [0.5, 0.6) is 0 Å². The van der Waals surface area contributed by atoms with Gasteiger partial charge in [0, 0.05) is 12.8 Å². The van der Waals surface area contributed by atoms with Crippen LogP contribution < -0.4 is 0 Å². The third-order valence-electron chi connectivity index (χ3n) is 3.43.